The normalized spacial score (nSPS) is 16.2. The predicted octanol–water partition coefficient (Wildman–Crippen LogP) is 4.62. The molecule has 1 atom stereocenters. The van der Waals surface area contributed by atoms with Crippen LogP contribution in [0, 0.1) is 0 Å². The molecule has 0 spiro atoms. The highest BCUT2D eigenvalue weighted by Gasteiger charge is 2.43. The largest absolute Gasteiger partial charge is 0.503 e. The lowest BCUT2D eigenvalue weighted by atomic mass is 9.95. The van der Waals surface area contributed by atoms with E-state index in [0.29, 0.717) is 23.8 Å². The van der Waals surface area contributed by atoms with Crippen molar-refractivity contribution in [3.05, 3.63) is 76.2 Å². The standard InChI is InChI=1S/C25H30N2O4S/c1-4-15-31-19-11-7-10-18(17-19)22-21(23(28)20-12-8-16-32-20)24(29)25(30)27(22)14-9-13-26(5-2)6-3/h4,7-8,10-12,16-17,22,29H,1,5-6,9,13-15H2,2-3H3/t22-/m1/s1. The molecule has 1 aliphatic rings. The van der Waals surface area contributed by atoms with Gasteiger partial charge in [0.15, 0.2) is 5.76 Å². The van der Waals surface area contributed by atoms with E-state index in [4.69, 9.17) is 4.74 Å². The van der Waals surface area contributed by atoms with Crippen LogP contribution in [-0.2, 0) is 4.79 Å². The van der Waals surface area contributed by atoms with Gasteiger partial charge in [-0.15, -0.1) is 11.3 Å². The van der Waals surface area contributed by atoms with Crippen LogP contribution in [0.15, 0.2) is 65.8 Å². The molecule has 3 rings (SSSR count). The summed E-state index contributed by atoms with van der Waals surface area (Å²) in [6.45, 7) is 11.4. The first-order chi connectivity index (χ1) is 15.5. The SMILES string of the molecule is C=CCOc1cccc([C@@H]2C(C(=O)c3cccs3)=C(O)C(=O)N2CCCN(CC)CC)c1. The monoisotopic (exact) mass is 454 g/mol. The van der Waals surface area contributed by atoms with E-state index in [1.54, 1.807) is 23.1 Å². The quantitative estimate of drug-likeness (QED) is 0.374. The number of amides is 1. The summed E-state index contributed by atoms with van der Waals surface area (Å²) in [7, 11) is 0. The molecule has 0 fully saturated rings. The zero-order chi connectivity index (χ0) is 23.1. The zero-order valence-electron chi connectivity index (χ0n) is 18.6. The summed E-state index contributed by atoms with van der Waals surface area (Å²) in [6.07, 6.45) is 2.40. The molecule has 1 N–H and O–H groups in total. The number of aliphatic hydroxyl groups is 1. The smallest absolute Gasteiger partial charge is 0.290 e. The fourth-order valence-corrected chi connectivity index (χ4v) is 4.62. The van der Waals surface area contributed by atoms with Gasteiger partial charge in [0.2, 0.25) is 5.78 Å². The highest BCUT2D eigenvalue weighted by Crippen LogP contribution is 2.40. The minimum absolute atomic E-state index is 0.126. The van der Waals surface area contributed by atoms with E-state index < -0.39 is 17.7 Å². The first-order valence-corrected chi connectivity index (χ1v) is 11.8. The molecule has 7 heteroatoms. The van der Waals surface area contributed by atoms with Crippen LogP contribution in [0.25, 0.3) is 0 Å². The second-order valence-corrected chi connectivity index (χ2v) is 8.47. The Balaban J connectivity index is 1.95. The minimum atomic E-state index is -0.666. The highest BCUT2D eigenvalue weighted by molar-refractivity contribution is 7.12. The van der Waals surface area contributed by atoms with Gasteiger partial charge in [0.05, 0.1) is 16.5 Å². The molecule has 32 heavy (non-hydrogen) atoms. The van der Waals surface area contributed by atoms with Gasteiger partial charge in [0.1, 0.15) is 12.4 Å². The van der Waals surface area contributed by atoms with Crippen molar-refractivity contribution in [1.82, 2.24) is 9.80 Å². The summed E-state index contributed by atoms with van der Waals surface area (Å²) in [4.78, 5) is 30.7. The molecule has 2 heterocycles. The molecule has 1 aromatic heterocycles. The maximum absolute atomic E-state index is 13.3. The van der Waals surface area contributed by atoms with E-state index >= 15 is 0 Å². The summed E-state index contributed by atoms with van der Waals surface area (Å²) >= 11 is 1.29. The van der Waals surface area contributed by atoms with E-state index in [-0.39, 0.29) is 11.4 Å². The number of hydrogen-bond acceptors (Lipinski definition) is 6. The third-order valence-corrected chi connectivity index (χ3v) is 6.47. The third kappa shape index (κ3) is 5.11. The Kier molecular flexibility index (Phi) is 8.25. The van der Waals surface area contributed by atoms with Crippen LogP contribution < -0.4 is 4.74 Å². The first-order valence-electron chi connectivity index (χ1n) is 10.9. The Morgan fingerprint density at radius 2 is 2.06 bits per heavy atom. The lowest BCUT2D eigenvalue weighted by molar-refractivity contribution is -0.129. The minimum Gasteiger partial charge on any atom is -0.503 e. The van der Waals surface area contributed by atoms with Gasteiger partial charge in [0, 0.05) is 6.54 Å². The molecule has 0 saturated carbocycles. The molecule has 1 aromatic carbocycles. The van der Waals surface area contributed by atoms with Crippen LogP contribution in [0.4, 0.5) is 0 Å². The maximum atomic E-state index is 13.3. The Morgan fingerprint density at radius 3 is 2.72 bits per heavy atom. The van der Waals surface area contributed by atoms with Gasteiger partial charge in [-0.2, -0.15) is 0 Å². The van der Waals surface area contributed by atoms with E-state index in [1.165, 1.54) is 11.3 Å². The number of rotatable bonds is 12. The molecule has 2 aromatic rings. The van der Waals surface area contributed by atoms with E-state index in [0.717, 1.165) is 31.6 Å². The van der Waals surface area contributed by atoms with Crippen LogP contribution >= 0.6 is 11.3 Å². The predicted molar refractivity (Wildman–Crippen MR) is 127 cm³/mol. The third-order valence-electron chi connectivity index (χ3n) is 5.60. The van der Waals surface area contributed by atoms with Gasteiger partial charge in [-0.1, -0.05) is 44.7 Å². The summed E-state index contributed by atoms with van der Waals surface area (Å²) in [5, 5.41) is 12.6. The number of ketones is 1. The molecule has 0 radical (unpaired) electrons. The average molecular weight is 455 g/mol. The van der Waals surface area contributed by atoms with Gasteiger partial charge in [-0.25, -0.2) is 0 Å². The molecular formula is C25H30N2O4S. The van der Waals surface area contributed by atoms with Crippen molar-refractivity contribution >= 4 is 23.0 Å². The van der Waals surface area contributed by atoms with Gasteiger partial charge in [-0.3, -0.25) is 9.59 Å². The maximum Gasteiger partial charge on any atom is 0.290 e. The first kappa shape index (κ1) is 23.8. The molecule has 1 amide bonds. The van der Waals surface area contributed by atoms with Crippen molar-refractivity contribution in [2.75, 3.05) is 32.8 Å². The van der Waals surface area contributed by atoms with Gasteiger partial charge < -0.3 is 19.6 Å². The Bertz CT molecular complexity index is 980. The van der Waals surface area contributed by atoms with Crippen LogP contribution in [-0.4, -0.2) is 59.4 Å². The number of aliphatic hydroxyl groups excluding tert-OH is 1. The lowest BCUT2D eigenvalue weighted by Gasteiger charge is -2.28. The molecule has 0 bridgehead atoms. The second kappa shape index (κ2) is 11.1. The topological polar surface area (TPSA) is 70.1 Å². The van der Waals surface area contributed by atoms with Crippen molar-refractivity contribution < 1.29 is 19.4 Å². The molecule has 0 saturated heterocycles. The van der Waals surface area contributed by atoms with Gasteiger partial charge in [-0.05, 0) is 55.2 Å². The fraction of sp³-hybridized carbons (Fsp3) is 0.360. The Labute approximate surface area is 193 Å². The van der Waals surface area contributed by atoms with Gasteiger partial charge >= 0.3 is 0 Å². The molecule has 170 valence electrons. The van der Waals surface area contributed by atoms with Crippen molar-refractivity contribution in [2.45, 2.75) is 26.3 Å². The fourth-order valence-electron chi connectivity index (χ4n) is 3.94. The lowest BCUT2D eigenvalue weighted by Crippen LogP contribution is -2.34. The molecule has 0 aliphatic carbocycles. The van der Waals surface area contributed by atoms with Crippen LogP contribution in [0.3, 0.4) is 0 Å². The number of Topliss-reactive ketones (excluding diaryl/α,β-unsaturated/α-hetero) is 1. The summed E-state index contributed by atoms with van der Waals surface area (Å²) in [5.41, 5.74) is 0.855. The number of thiophene rings is 1. The number of carbonyl (C=O) groups is 2. The molecule has 6 nitrogen and oxygen atoms in total. The summed E-state index contributed by atoms with van der Waals surface area (Å²) < 4.78 is 5.66. The van der Waals surface area contributed by atoms with E-state index in [9.17, 15) is 14.7 Å². The van der Waals surface area contributed by atoms with Crippen molar-refractivity contribution in [2.24, 2.45) is 0 Å². The Morgan fingerprint density at radius 1 is 1.28 bits per heavy atom. The second-order valence-electron chi connectivity index (χ2n) is 7.52. The molecule has 1 aliphatic heterocycles. The van der Waals surface area contributed by atoms with Crippen LogP contribution in [0.5, 0.6) is 5.75 Å². The van der Waals surface area contributed by atoms with Crippen LogP contribution in [0.1, 0.15) is 41.5 Å². The Hall–Kier alpha value is -2.90. The number of nitrogens with zero attached hydrogens (tertiary/aromatic N) is 2. The van der Waals surface area contributed by atoms with Crippen molar-refractivity contribution in [3.8, 4) is 5.75 Å². The molecule has 0 unspecified atom stereocenters. The van der Waals surface area contributed by atoms with E-state index in [2.05, 4.69) is 25.3 Å². The number of hydrogen-bond donors (Lipinski definition) is 1. The number of ether oxygens (including phenoxy) is 1. The van der Waals surface area contributed by atoms with Crippen LogP contribution in [0.2, 0.25) is 0 Å². The van der Waals surface area contributed by atoms with Crippen molar-refractivity contribution in [3.63, 3.8) is 0 Å². The van der Waals surface area contributed by atoms with E-state index in [1.807, 2.05) is 29.6 Å². The zero-order valence-corrected chi connectivity index (χ0v) is 19.4. The number of carbonyl (C=O) groups excluding carboxylic acids is 2. The average Bonchev–Trinajstić information content (AvgIpc) is 3.43. The summed E-state index contributed by atoms with van der Waals surface area (Å²) in [5.74, 6) is -0.674. The molecular weight excluding hydrogens is 424 g/mol. The van der Waals surface area contributed by atoms with Gasteiger partial charge in [0.25, 0.3) is 5.91 Å². The van der Waals surface area contributed by atoms with Crippen molar-refractivity contribution in [1.29, 1.82) is 0 Å². The number of benzene rings is 1. The highest BCUT2D eigenvalue weighted by atomic mass is 32.1. The summed E-state index contributed by atoms with van der Waals surface area (Å²) in [6, 6.07) is 10.2.